The van der Waals surface area contributed by atoms with Gasteiger partial charge in [0.1, 0.15) is 11.6 Å². The molecule has 0 atom stereocenters. The number of Topliss-reactive ketones (excluding diaryl/α,β-unsaturated/α-hetero) is 1. The molecule has 2 rings (SSSR count). The van der Waals surface area contributed by atoms with E-state index in [2.05, 4.69) is 6.07 Å². The third-order valence-electron chi connectivity index (χ3n) is 2.87. The predicted molar refractivity (Wildman–Crippen MR) is 70.8 cm³/mol. The third kappa shape index (κ3) is 3.27. The lowest BCUT2D eigenvalue weighted by atomic mass is 10.0. The van der Waals surface area contributed by atoms with Crippen molar-refractivity contribution in [3.63, 3.8) is 0 Å². The minimum Gasteiger partial charge on any atom is -0.300 e. The number of benzene rings is 2. The van der Waals surface area contributed by atoms with Crippen molar-refractivity contribution >= 4 is 5.78 Å². The van der Waals surface area contributed by atoms with E-state index in [1.165, 1.54) is 12.1 Å². The van der Waals surface area contributed by atoms with Gasteiger partial charge in [0.15, 0.2) is 0 Å². The Labute approximate surface area is 106 Å². The molecule has 0 aliphatic rings. The zero-order valence-corrected chi connectivity index (χ0v) is 10.3. The first-order valence-corrected chi connectivity index (χ1v) is 5.99. The molecule has 0 bridgehead atoms. The molecule has 0 heterocycles. The molecule has 0 saturated carbocycles. The number of carbonyl (C=O) groups excluding carboxylic acids is 1. The molecule has 1 nitrogen and oxygen atoms in total. The molecular weight excluding hydrogens is 227 g/mol. The third-order valence-corrected chi connectivity index (χ3v) is 2.87. The van der Waals surface area contributed by atoms with Gasteiger partial charge in [0.05, 0.1) is 0 Å². The van der Waals surface area contributed by atoms with Crippen LogP contribution in [0.5, 0.6) is 0 Å². The second-order valence-corrected chi connectivity index (χ2v) is 4.41. The number of rotatable bonds is 4. The Kier molecular flexibility index (Phi) is 3.88. The van der Waals surface area contributed by atoms with Gasteiger partial charge in [-0.15, -0.1) is 0 Å². The van der Waals surface area contributed by atoms with Crippen LogP contribution in [0, 0.1) is 5.82 Å². The molecule has 0 aliphatic carbocycles. The van der Waals surface area contributed by atoms with Gasteiger partial charge in [-0.25, -0.2) is 4.39 Å². The van der Waals surface area contributed by atoms with E-state index in [1.54, 1.807) is 19.1 Å². The fraction of sp³-hybridized carbons (Fsp3) is 0.188. The normalized spacial score (nSPS) is 10.3. The molecule has 0 spiro atoms. The van der Waals surface area contributed by atoms with Gasteiger partial charge in [0.2, 0.25) is 0 Å². The zero-order chi connectivity index (χ0) is 13.0. The lowest BCUT2D eigenvalue weighted by Gasteiger charge is -2.05. The van der Waals surface area contributed by atoms with Crippen molar-refractivity contribution in [2.45, 2.75) is 19.8 Å². The van der Waals surface area contributed by atoms with E-state index in [0.717, 1.165) is 23.1 Å². The Hall–Kier alpha value is -1.96. The molecule has 0 aromatic heterocycles. The van der Waals surface area contributed by atoms with Crippen molar-refractivity contribution in [1.82, 2.24) is 0 Å². The van der Waals surface area contributed by atoms with Crippen LogP contribution >= 0.6 is 0 Å². The van der Waals surface area contributed by atoms with Crippen LogP contribution in [0.3, 0.4) is 0 Å². The van der Waals surface area contributed by atoms with Gasteiger partial charge >= 0.3 is 0 Å². The van der Waals surface area contributed by atoms with Gasteiger partial charge < -0.3 is 4.79 Å². The monoisotopic (exact) mass is 242 g/mol. The molecule has 0 amide bonds. The van der Waals surface area contributed by atoms with Gasteiger partial charge in [-0.3, -0.25) is 0 Å². The van der Waals surface area contributed by atoms with Crippen molar-refractivity contribution in [3.8, 4) is 11.1 Å². The summed E-state index contributed by atoms with van der Waals surface area (Å²) >= 11 is 0. The summed E-state index contributed by atoms with van der Waals surface area (Å²) in [6.45, 7) is 1.60. The van der Waals surface area contributed by atoms with Crippen molar-refractivity contribution in [1.29, 1.82) is 0 Å². The number of halogens is 1. The first-order valence-electron chi connectivity index (χ1n) is 5.99. The highest BCUT2D eigenvalue weighted by atomic mass is 19.1. The van der Waals surface area contributed by atoms with Crippen LogP contribution in [-0.4, -0.2) is 5.78 Å². The van der Waals surface area contributed by atoms with Crippen LogP contribution in [0.1, 0.15) is 18.9 Å². The van der Waals surface area contributed by atoms with Crippen molar-refractivity contribution in [3.05, 3.63) is 59.9 Å². The molecule has 2 aromatic carbocycles. The Morgan fingerprint density at radius 2 is 1.78 bits per heavy atom. The van der Waals surface area contributed by atoms with Crippen molar-refractivity contribution in [2.75, 3.05) is 0 Å². The Bertz CT molecular complexity index is 543. The SMILES string of the molecule is CC(=O)CCc1cccc(-c2ccc(F)cc2)c1. The molecule has 0 fully saturated rings. The first kappa shape index (κ1) is 12.5. The molecule has 2 aromatic rings. The maximum absolute atomic E-state index is 12.9. The van der Waals surface area contributed by atoms with E-state index < -0.39 is 0 Å². The summed E-state index contributed by atoms with van der Waals surface area (Å²) in [6, 6.07) is 14.5. The van der Waals surface area contributed by atoms with Crippen molar-refractivity contribution in [2.24, 2.45) is 0 Å². The summed E-state index contributed by atoms with van der Waals surface area (Å²) in [5.74, 6) is -0.0336. The highest BCUT2D eigenvalue weighted by Crippen LogP contribution is 2.21. The molecule has 0 aliphatic heterocycles. The fourth-order valence-electron chi connectivity index (χ4n) is 1.87. The number of hydrogen-bond donors (Lipinski definition) is 0. The summed E-state index contributed by atoms with van der Waals surface area (Å²) in [5, 5.41) is 0. The topological polar surface area (TPSA) is 17.1 Å². The average Bonchev–Trinajstić information content (AvgIpc) is 2.37. The van der Waals surface area contributed by atoms with Crippen LogP contribution < -0.4 is 0 Å². The largest absolute Gasteiger partial charge is 0.300 e. The second kappa shape index (κ2) is 5.58. The van der Waals surface area contributed by atoms with Crippen molar-refractivity contribution < 1.29 is 9.18 Å². The van der Waals surface area contributed by atoms with Gasteiger partial charge in [0.25, 0.3) is 0 Å². The lowest BCUT2D eigenvalue weighted by molar-refractivity contribution is -0.116. The summed E-state index contributed by atoms with van der Waals surface area (Å²) in [5.41, 5.74) is 3.17. The summed E-state index contributed by atoms with van der Waals surface area (Å²) in [6.07, 6.45) is 1.32. The molecule has 0 saturated heterocycles. The van der Waals surface area contributed by atoms with E-state index in [-0.39, 0.29) is 11.6 Å². The van der Waals surface area contributed by atoms with Crippen LogP contribution in [-0.2, 0) is 11.2 Å². The van der Waals surface area contributed by atoms with Gasteiger partial charge in [-0.2, -0.15) is 0 Å². The number of hydrogen-bond acceptors (Lipinski definition) is 1. The van der Waals surface area contributed by atoms with Gasteiger partial charge in [-0.05, 0) is 42.2 Å². The Morgan fingerprint density at radius 1 is 1.06 bits per heavy atom. The molecule has 18 heavy (non-hydrogen) atoms. The highest BCUT2D eigenvalue weighted by Gasteiger charge is 2.01. The van der Waals surface area contributed by atoms with E-state index in [1.807, 2.05) is 18.2 Å². The summed E-state index contributed by atoms with van der Waals surface area (Å²) < 4.78 is 12.9. The standard InChI is InChI=1S/C16H15FO/c1-12(18)5-6-13-3-2-4-15(11-13)14-7-9-16(17)10-8-14/h2-4,7-11H,5-6H2,1H3. The summed E-state index contributed by atoms with van der Waals surface area (Å²) in [7, 11) is 0. The summed E-state index contributed by atoms with van der Waals surface area (Å²) in [4.78, 5) is 11.0. The fourth-order valence-corrected chi connectivity index (χ4v) is 1.87. The van der Waals surface area contributed by atoms with Crippen LogP contribution in [0.25, 0.3) is 11.1 Å². The zero-order valence-electron chi connectivity index (χ0n) is 10.3. The highest BCUT2D eigenvalue weighted by molar-refractivity contribution is 5.75. The predicted octanol–water partition coefficient (Wildman–Crippen LogP) is 4.01. The smallest absolute Gasteiger partial charge is 0.130 e. The molecule has 2 heteroatoms. The Morgan fingerprint density at radius 3 is 2.44 bits per heavy atom. The maximum atomic E-state index is 12.9. The lowest BCUT2D eigenvalue weighted by Crippen LogP contribution is -1.94. The van der Waals surface area contributed by atoms with Crippen LogP contribution in [0.2, 0.25) is 0 Å². The van der Waals surface area contributed by atoms with Crippen LogP contribution in [0.4, 0.5) is 4.39 Å². The minimum atomic E-state index is -0.230. The van der Waals surface area contributed by atoms with E-state index in [0.29, 0.717) is 6.42 Å². The minimum absolute atomic E-state index is 0.196. The van der Waals surface area contributed by atoms with E-state index in [9.17, 15) is 9.18 Å². The quantitative estimate of drug-likeness (QED) is 0.791. The average molecular weight is 242 g/mol. The molecule has 92 valence electrons. The maximum Gasteiger partial charge on any atom is 0.130 e. The van der Waals surface area contributed by atoms with Crippen LogP contribution in [0.15, 0.2) is 48.5 Å². The van der Waals surface area contributed by atoms with Gasteiger partial charge in [-0.1, -0.05) is 36.4 Å². The number of carbonyl (C=O) groups is 1. The number of ketones is 1. The molecule has 0 unspecified atom stereocenters. The molecular formula is C16H15FO. The van der Waals surface area contributed by atoms with E-state index in [4.69, 9.17) is 0 Å². The molecule has 0 radical (unpaired) electrons. The van der Waals surface area contributed by atoms with E-state index >= 15 is 0 Å². The second-order valence-electron chi connectivity index (χ2n) is 4.41. The first-order chi connectivity index (χ1) is 8.65. The Balaban J connectivity index is 2.21. The number of aryl methyl sites for hydroxylation is 1. The van der Waals surface area contributed by atoms with Gasteiger partial charge in [0, 0.05) is 6.42 Å². The molecule has 0 N–H and O–H groups in total.